The molecule has 0 saturated heterocycles. The molecule has 0 aromatic heterocycles. The fraction of sp³-hybridized carbons (Fsp3) is 0.174. The lowest BCUT2D eigenvalue weighted by molar-refractivity contribution is -0.122. The molecule has 144 valence electrons. The molecule has 5 nitrogen and oxygen atoms in total. The van der Waals surface area contributed by atoms with E-state index < -0.39 is 6.10 Å². The predicted octanol–water partition coefficient (Wildman–Crippen LogP) is 5.15. The summed E-state index contributed by atoms with van der Waals surface area (Å²) in [6, 6.07) is 22.8. The fourth-order valence-corrected chi connectivity index (χ4v) is 2.64. The Bertz CT molecular complexity index is 921. The lowest BCUT2D eigenvalue weighted by Gasteiger charge is -2.17. The molecule has 1 atom stereocenters. The van der Waals surface area contributed by atoms with Crippen LogP contribution in [0.25, 0.3) is 0 Å². The molecule has 0 fully saturated rings. The molecule has 0 heterocycles. The Morgan fingerprint density at radius 1 is 0.857 bits per heavy atom. The molecule has 2 N–H and O–H groups in total. The highest BCUT2D eigenvalue weighted by molar-refractivity contribution is 5.97. The number of benzene rings is 3. The van der Waals surface area contributed by atoms with E-state index in [9.17, 15) is 4.79 Å². The molecule has 3 rings (SSSR count). The molecule has 28 heavy (non-hydrogen) atoms. The van der Waals surface area contributed by atoms with E-state index in [0.29, 0.717) is 11.4 Å². The molecule has 0 spiro atoms. The molecule has 1 unspecified atom stereocenters. The largest absolute Gasteiger partial charge is 0.497 e. The third-order valence-electron chi connectivity index (χ3n) is 4.26. The van der Waals surface area contributed by atoms with Crippen LogP contribution in [0.1, 0.15) is 12.5 Å². The Morgan fingerprint density at radius 3 is 2.11 bits per heavy atom. The molecule has 0 saturated carbocycles. The first-order valence-corrected chi connectivity index (χ1v) is 9.09. The Kier molecular flexibility index (Phi) is 6.17. The summed E-state index contributed by atoms with van der Waals surface area (Å²) in [7, 11) is 1.61. The molecular formula is C23H24N2O3. The number of aryl methyl sites for hydroxylation is 1. The highest BCUT2D eigenvalue weighted by Crippen LogP contribution is 2.26. The van der Waals surface area contributed by atoms with Crippen molar-refractivity contribution in [1.82, 2.24) is 0 Å². The van der Waals surface area contributed by atoms with Crippen molar-refractivity contribution in [1.29, 1.82) is 0 Å². The van der Waals surface area contributed by atoms with Gasteiger partial charge in [-0.05, 0) is 62.4 Å². The quantitative estimate of drug-likeness (QED) is 0.598. The van der Waals surface area contributed by atoms with Crippen LogP contribution < -0.4 is 20.1 Å². The van der Waals surface area contributed by atoms with Gasteiger partial charge in [-0.2, -0.15) is 0 Å². The van der Waals surface area contributed by atoms with Gasteiger partial charge in [-0.1, -0.05) is 29.8 Å². The number of carbonyl (C=O) groups excluding carboxylic acids is 1. The van der Waals surface area contributed by atoms with E-state index in [0.717, 1.165) is 17.1 Å². The molecule has 1 amide bonds. The van der Waals surface area contributed by atoms with Crippen LogP contribution >= 0.6 is 0 Å². The third-order valence-corrected chi connectivity index (χ3v) is 4.26. The van der Waals surface area contributed by atoms with Crippen LogP contribution in [0.5, 0.6) is 11.5 Å². The summed E-state index contributed by atoms with van der Waals surface area (Å²) in [6.07, 6.45) is -0.652. The normalized spacial score (nSPS) is 11.4. The summed E-state index contributed by atoms with van der Waals surface area (Å²) in [6.45, 7) is 3.76. The molecular weight excluding hydrogens is 352 g/mol. The van der Waals surface area contributed by atoms with Crippen LogP contribution in [0.15, 0.2) is 72.8 Å². The van der Waals surface area contributed by atoms with Gasteiger partial charge in [0.2, 0.25) is 0 Å². The van der Waals surface area contributed by atoms with Gasteiger partial charge in [0.1, 0.15) is 11.5 Å². The number of methoxy groups -OCH3 is 1. The molecule has 3 aromatic rings. The average Bonchev–Trinajstić information content (AvgIpc) is 2.71. The minimum atomic E-state index is -0.652. The first-order chi connectivity index (χ1) is 13.5. The summed E-state index contributed by atoms with van der Waals surface area (Å²) in [5.41, 5.74) is 3.65. The van der Waals surface area contributed by atoms with Crippen molar-refractivity contribution in [3.63, 3.8) is 0 Å². The number of ether oxygens (including phenoxy) is 2. The SMILES string of the molecule is COc1ccc(OC(C)C(=O)Nc2ccccc2Nc2ccc(C)cc2)cc1. The van der Waals surface area contributed by atoms with E-state index in [2.05, 4.69) is 10.6 Å². The summed E-state index contributed by atoms with van der Waals surface area (Å²) in [5, 5.41) is 6.27. The van der Waals surface area contributed by atoms with Gasteiger partial charge in [0.15, 0.2) is 6.10 Å². The Balaban J connectivity index is 1.66. The molecule has 0 bridgehead atoms. The van der Waals surface area contributed by atoms with E-state index >= 15 is 0 Å². The topological polar surface area (TPSA) is 59.6 Å². The second kappa shape index (κ2) is 8.95. The van der Waals surface area contributed by atoms with E-state index in [1.54, 1.807) is 38.3 Å². The first kappa shape index (κ1) is 19.3. The van der Waals surface area contributed by atoms with Crippen LogP contribution in [-0.4, -0.2) is 19.1 Å². The average molecular weight is 376 g/mol. The summed E-state index contributed by atoms with van der Waals surface area (Å²) in [4.78, 5) is 12.6. The van der Waals surface area contributed by atoms with E-state index in [-0.39, 0.29) is 5.91 Å². The van der Waals surface area contributed by atoms with Crippen molar-refractivity contribution < 1.29 is 14.3 Å². The molecule has 0 aliphatic carbocycles. The molecule has 0 radical (unpaired) electrons. The Hall–Kier alpha value is -3.47. The monoisotopic (exact) mass is 376 g/mol. The summed E-state index contributed by atoms with van der Waals surface area (Å²) >= 11 is 0. The van der Waals surface area contributed by atoms with Gasteiger partial charge in [0.25, 0.3) is 5.91 Å². The lowest BCUT2D eigenvalue weighted by Crippen LogP contribution is -2.30. The van der Waals surface area contributed by atoms with E-state index in [1.807, 2.05) is 55.5 Å². The number of carbonyl (C=O) groups is 1. The van der Waals surface area contributed by atoms with E-state index in [4.69, 9.17) is 9.47 Å². The second-order valence-electron chi connectivity index (χ2n) is 6.46. The van der Waals surface area contributed by atoms with Crippen LogP contribution in [0.2, 0.25) is 0 Å². The van der Waals surface area contributed by atoms with Crippen LogP contribution in [-0.2, 0) is 4.79 Å². The van der Waals surface area contributed by atoms with Crippen molar-refractivity contribution in [3.8, 4) is 11.5 Å². The number of amides is 1. The maximum Gasteiger partial charge on any atom is 0.265 e. The van der Waals surface area contributed by atoms with Gasteiger partial charge < -0.3 is 20.1 Å². The Morgan fingerprint density at radius 2 is 1.46 bits per heavy atom. The maximum atomic E-state index is 12.6. The van der Waals surface area contributed by atoms with Gasteiger partial charge in [0.05, 0.1) is 18.5 Å². The zero-order chi connectivity index (χ0) is 19.9. The van der Waals surface area contributed by atoms with Crippen molar-refractivity contribution in [2.24, 2.45) is 0 Å². The zero-order valence-corrected chi connectivity index (χ0v) is 16.2. The summed E-state index contributed by atoms with van der Waals surface area (Å²) < 4.78 is 10.9. The number of anilines is 3. The van der Waals surface area contributed by atoms with Crippen LogP contribution in [0.3, 0.4) is 0 Å². The smallest absolute Gasteiger partial charge is 0.265 e. The van der Waals surface area contributed by atoms with Crippen molar-refractivity contribution in [2.45, 2.75) is 20.0 Å². The van der Waals surface area contributed by atoms with Crippen molar-refractivity contribution >= 4 is 23.0 Å². The van der Waals surface area contributed by atoms with Crippen LogP contribution in [0, 0.1) is 6.92 Å². The number of nitrogens with one attached hydrogen (secondary N) is 2. The maximum absolute atomic E-state index is 12.6. The standard InChI is InChI=1S/C23H24N2O3/c1-16-8-10-18(11-9-16)24-21-6-4-5-7-22(21)25-23(26)17(2)28-20-14-12-19(27-3)13-15-20/h4-15,17,24H,1-3H3,(H,25,26). The highest BCUT2D eigenvalue weighted by atomic mass is 16.5. The van der Waals surface area contributed by atoms with E-state index in [1.165, 1.54) is 5.56 Å². The van der Waals surface area contributed by atoms with Gasteiger partial charge in [-0.15, -0.1) is 0 Å². The molecule has 3 aromatic carbocycles. The first-order valence-electron chi connectivity index (χ1n) is 9.09. The fourth-order valence-electron chi connectivity index (χ4n) is 2.64. The summed E-state index contributed by atoms with van der Waals surface area (Å²) in [5.74, 6) is 1.11. The van der Waals surface area contributed by atoms with Gasteiger partial charge >= 0.3 is 0 Å². The third kappa shape index (κ3) is 5.04. The number of para-hydroxylation sites is 2. The predicted molar refractivity (Wildman–Crippen MR) is 113 cm³/mol. The minimum Gasteiger partial charge on any atom is -0.497 e. The van der Waals surface area contributed by atoms with Crippen LogP contribution in [0.4, 0.5) is 17.1 Å². The highest BCUT2D eigenvalue weighted by Gasteiger charge is 2.16. The van der Waals surface area contributed by atoms with Gasteiger partial charge in [0, 0.05) is 5.69 Å². The number of rotatable bonds is 7. The molecule has 0 aliphatic heterocycles. The van der Waals surface area contributed by atoms with Gasteiger partial charge in [-0.25, -0.2) is 0 Å². The molecule has 0 aliphatic rings. The van der Waals surface area contributed by atoms with Gasteiger partial charge in [-0.3, -0.25) is 4.79 Å². The zero-order valence-electron chi connectivity index (χ0n) is 16.2. The Labute approximate surface area is 165 Å². The number of hydrogen-bond acceptors (Lipinski definition) is 4. The second-order valence-corrected chi connectivity index (χ2v) is 6.46. The minimum absolute atomic E-state index is 0.228. The van der Waals surface area contributed by atoms with Crippen molar-refractivity contribution in [2.75, 3.05) is 17.7 Å². The van der Waals surface area contributed by atoms with Crippen molar-refractivity contribution in [3.05, 3.63) is 78.4 Å². The molecule has 5 heteroatoms. The number of hydrogen-bond donors (Lipinski definition) is 2. The lowest BCUT2D eigenvalue weighted by atomic mass is 10.2.